The van der Waals surface area contributed by atoms with Gasteiger partial charge in [-0.05, 0) is 36.8 Å². The Morgan fingerprint density at radius 1 is 1.28 bits per heavy atom. The fraction of sp³-hybridized carbons (Fsp3) is 0.176. The van der Waals surface area contributed by atoms with Gasteiger partial charge in [0.2, 0.25) is 0 Å². The molecule has 0 atom stereocenters. The first-order valence-electron chi connectivity index (χ1n) is 7.31. The van der Waals surface area contributed by atoms with E-state index in [0.29, 0.717) is 27.5 Å². The van der Waals surface area contributed by atoms with E-state index in [0.717, 1.165) is 16.8 Å². The van der Waals surface area contributed by atoms with Crippen LogP contribution in [-0.4, -0.2) is 15.7 Å². The van der Waals surface area contributed by atoms with Gasteiger partial charge >= 0.3 is 6.18 Å². The summed E-state index contributed by atoms with van der Waals surface area (Å²) in [4.78, 5) is 12.9. The van der Waals surface area contributed by atoms with Gasteiger partial charge in [-0.2, -0.15) is 23.0 Å². The fourth-order valence-electron chi connectivity index (χ4n) is 2.65. The molecule has 0 N–H and O–H groups in total. The zero-order chi connectivity index (χ0) is 18.4. The highest BCUT2D eigenvalue weighted by Crippen LogP contribution is 2.36. The van der Waals surface area contributed by atoms with E-state index in [1.165, 1.54) is 6.07 Å². The van der Waals surface area contributed by atoms with Gasteiger partial charge in [-0.15, -0.1) is 0 Å². The molecule has 25 heavy (non-hydrogen) atoms. The van der Waals surface area contributed by atoms with Crippen molar-refractivity contribution in [1.82, 2.24) is 9.78 Å². The number of benzene rings is 2. The molecule has 2 aromatic carbocycles. The quantitative estimate of drug-likeness (QED) is 0.520. The molecule has 8 heteroatoms. The third-order valence-corrected chi connectivity index (χ3v) is 4.59. The topological polar surface area (TPSA) is 34.9 Å². The van der Waals surface area contributed by atoms with Crippen LogP contribution < -0.4 is 0 Å². The average molecular weight is 432 g/mol. The molecule has 0 unspecified atom stereocenters. The standard InChI is InChI=1S/C17H11BrClF3N2O/c1-2-13-10-7-6-9(18)8-14(10)24(23-13)16(25)15-11(17(20,21)22)4-3-5-12(15)19/h3-8H,2H2,1H3. The van der Waals surface area contributed by atoms with Crippen LogP contribution in [0.1, 0.15) is 28.5 Å². The van der Waals surface area contributed by atoms with Crippen LogP contribution in [0.2, 0.25) is 5.02 Å². The lowest BCUT2D eigenvalue weighted by Crippen LogP contribution is -2.20. The van der Waals surface area contributed by atoms with E-state index in [4.69, 9.17) is 11.6 Å². The fourth-order valence-corrected chi connectivity index (χ4v) is 3.26. The van der Waals surface area contributed by atoms with Gasteiger partial charge in [0.25, 0.3) is 5.91 Å². The zero-order valence-corrected chi connectivity index (χ0v) is 15.2. The highest BCUT2D eigenvalue weighted by Gasteiger charge is 2.37. The van der Waals surface area contributed by atoms with Crippen LogP contribution in [0.25, 0.3) is 10.9 Å². The number of hydrogen-bond donors (Lipinski definition) is 0. The number of aryl methyl sites for hydroxylation is 1. The largest absolute Gasteiger partial charge is 0.417 e. The van der Waals surface area contributed by atoms with Gasteiger partial charge in [-0.25, -0.2) is 0 Å². The highest BCUT2D eigenvalue weighted by molar-refractivity contribution is 9.10. The van der Waals surface area contributed by atoms with Gasteiger partial charge in [0.05, 0.1) is 27.4 Å². The van der Waals surface area contributed by atoms with Crippen LogP contribution in [0.15, 0.2) is 40.9 Å². The Labute approximate surface area is 154 Å². The second-order valence-electron chi connectivity index (χ2n) is 5.34. The summed E-state index contributed by atoms with van der Waals surface area (Å²) >= 11 is 9.24. The lowest BCUT2D eigenvalue weighted by atomic mass is 10.1. The summed E-state index contributed by atoms with van der Waals surface area (Å²) in [7, 11) is 0. The normalized spacial score (nSPS) is 11.9. The van der Waals surface area contributed by atoms with Crippen molar-refractivity contribution in [2.45, 2.75) is 19.5 Å². The van der Waals surface area contributed by atoms with E-state index in [9.17, 15) is 18.0 Å². The van der Waals surface area contributed by atoms with Crippen LogP contribution in [0.5, 0.6) is 0 Å². The predicted octanol–water partition coefficient (Wildman–Crippen LogP) is 5.72. The van der Waals surface area contributed by atoms with E-state index >= 15 is 0 Å². The molecule has 3 rings (SSSR count). The molecule has 0 aliphatic carbocycles. The maximum Gasteiger partial charge on any atom is 0.417 e. The van der Waals surface area contributed by atoms with Gasteiger partial charge < -0.3 is 0 Å². The van der Waals surface area contributed by atoms with Crippen LogP contribution in [-0.2, 0) is 12.6 Å². The van der Waals surface area contributed by atoms with Crippen LogP contribution in [0.3, 0.4) is 0 Å². The Hall–Kier alpha value is -1.86. The first-order chi connectivity index (χ1) is 11.7. The molecule has 0 amide bonds. The molecule has 0 aliphatic heterocycles. The Morgan fingerprint density at radius 3 is 2.64 bits per heavy atom. The second kappa shape index (κ2) is 6.46. The molecule has 0 fully saturated rings. The summed E-state index contributed by atoms with van der Waals surface area (Å²) in [5, 5.41) is 4.65. The van der Waals surface area contributed by atoms with Crippen molar-refractivity contribution in [3.05, 3.63) is 62.7 Å². The van der Waals surface area contributed by atoms with E-state index in [-0.39, 0.29) is 5.02 Å². The molecule has 1 heterocycles. The molecule has 0 spiro atoms. The van der Waals surface area contributed by atoms with Gasteiger partial charge in [0.1, 0.15) is 0 Å². The zero-order valence-electron chi connectivity index (χ0n) is 12.9. The van der Waals surface area contributed by atoms with E-state index in [1.807, 2.05) is 6.92 Å². The van der Waals surface area contributed by atoms with E-state index in [2.05, 4.69) is 21.0 Å². The van der Waals surface area contributed by atoms with Crippen molar-refractivity contribution in [2.75, 3.05) is 0 Å². The molecule has 0 saturated heterocycles. The Bertz CT molecular complexity index is 982. The summed E-state index contributed by atoms with van der Waals surface area (Å²) in [5.74, 6) is -0.916. The van der Waals surface area contributed by atoms with E-state index in [1.54, 1.807) is 18.2 Å². The number of aromatic nitrogens is 2. The maximum atomic E-state index is 13.3. The number of halogens is 5. The minimum Gasteiger partial charge on any atom is -0.267 e. The van der Waals surface area contributed by atoms with Crippen molar-refractivity contribution >= 4 is 44.3 Å². The molecule has 0 saturated carbocycles. The smallest absolute Gasteiger partial charge is 0.267 e. The molecule has 1 aromatic heterocycles. The minimum absolute atomic E-state index is 0.267. The van der Waals surface area contributed by atoms with E-state index < -0.39 is 23.2 Å². The SMILES string of the molecule is CCc1nn(C(=O)c2c(Cl)cccc2C(F)(F)F)c2cc(Br)ccc12. The average Bonchev–Trinajstić information content (AvgIpc) is 2.91. The summed E-state index contributed by atoms with van der Waals surface area (Å²) < 4.78 is 41.6. The third kappa shape index (κ3) is 3.18. The second-order valence-corrected chi connectivity index (χ2v) is 6.66. The number of hydrogen-bond acceptors (Lipinski definition) is 2. The number of fused-ring (bicyclic) bond motifs is 1. The van der Waals surface area contributed by atoms with Crippen LogP contribution in [0.4, 0.5) is 13.2 Å². The van der Waals surface area contributed by atoms with Gasteiger partial charge in [-0.1, -0.05) is 40.5 Å². The Kier molecular flexibility index (Phi) is 4.64. The minimum atomic E-state index is -4.70. The number of carbonyl (C=O) groups excluding carboxylic acids is 1. The molecular weight excluding hydrogens is 421 g/mol. The van der Waals surface area contributed by atoms with Gasteiger partial charge in [0.15, 0.2) is 0 Å². The van der Waals surface area contributed by atoms with Crippen molar-refractivity contribution in [1.29, 1.82) is 0 Å². The molecular formula is C17H11BrClF3N2O. The molecule has 3 nitrogen and oxygen atoms in total. The molecule has 0 aliphatic rings. The van der Waals surface area contributed by atoms with Crippen molar-refractivity contribution in [3.8, 4) is 0 Å². The summed E-state index contributed by atoms with van der Waals surface area (Å²) in [6, 6.07) is 8.45. The van der Waals surface area contributed by atoms with Gasteiger partial charge in [-0.3, -0.25) is 4.79 Å². The summed E-state index contributed by atoms with van der Waals surface area (Å²) in [6.45, 7) is 1.86. The molecule has 0 radical (unpaired) electrons. The molecule has 0 bridgehead atoms. The number of alkyl halides is 3. The summed E-state index contributed by atoms with van der Waals surface area (Å²) in [5.41, 5.74) is -0.647. The number of carbonyl (C=O) groups is 1. The number of nitrogens with zero attached hydrogens (tertiary/aromatic N) is 2. The first-order valence-corrected chi connectivity index (χ1v) is 8.48. The Balaban J connectivity index is 2.28. The lowest BCUT2D eigenvalue weighted by molar-refractivity contribution is -0.137. The molecule has 130 valence electrons. The van der Waals surface area contributed by atoms with Crippen molar-refractivity contribution in [3.63, 3.8) is 0 Å². The van der Waals surface area contributed by atoms with Crippen LogP contribution in [0, 0.1) is 0 Å². The molecule has 3 aromatic rings. The first kappa shape index (κ1) is 17.9. The monoisotopic (exact) mass is 430 g/mol. The Morgan fingerprint density at radius 2 is 2.00 bits per heavy atom. The lowest BCUT2D eigenvalue weighted by Gasteiger charge is -2.13. The summed E-state index contributed by atoms with van der Waals surface area (Å²) in [6.07, 6.45) is -4.17. The van der Waals surface area contributed by atoms with Crippen molar-refractivity contribution < 1.29 is 18.0 Å². The number of rotatable bonds is 2. The third-order valence-electron chi connectivity index (χ3n) is 3.78. The maximum absolute atomic E-state index is 13.3. The highest BCUT2D eigenvalue weighted by atomic mass is 79.9. The van der Waals surface area contributed by atoms with Crippen molar-refractivity contribution in [2.24, 2.45) is 0 Å². The van der Waals surface area contributed by atoms with Gasteiger partial charge in [0, 0.05) is 9.86 Å². The van der Waals surface area contributed by atoms with Crippen LogP contribution >= 0.6 is 27.5 Å². The predicted molar refractivity (Wildman–Crippen MR) is 93.0 cm³/mol.